The van der Waals surface area contributed by atoms with Crippen molar-refractivity contribution in [3.63, 3.8) is 0 Å². The monoisotopic (exact) mass is 424 g/mol. The van der Waals surface area contributed by atoms with Crippen LogP contribution in [0.3, 0.4) is 0 Å². The number of hydrogen-bond acceptors (Lipinski definition) is 5. The highest BCUT2D eigenvalue weighted by atomic mass is 35.5. The van der Waals surface area contributed by atoms with Crippen LogP contribution in [0.2, 0.25) is 5.02 Å². The molecule has 0 saturated carbocycles. The third kappa shape index (κ3) is 4.30. The minimum absolute atomic E-state index is 0.100. The number of fused-ring (bicyclic) bond motifs is 1. The fourth-order valence-corrected chi connectivity index (χ4v) is 4.52. The normalized spacial score (nSPS) is 19.4. The Labute approximate surface area is 168 Å². The van der Waals surface area contributed by atoms with Gasteiger partial charge in [-0.3, -0.25) is 4.79 Å². The van der Waals surface area contributed by atoms with Crippen LogP contribution in [0.5, 0.6) is 5.75 Å². The standard InChI is InChI=1S/C19H21ClN2O5S/c1-19(2)10-15(22-28(25,26)13-6-4-12(20)5-7-13)14-8-3-11(9-16(14)27-19)17(23)18(21)24/h3-9,15,17,22-23H,10H2,1-2H3,(H2,21,24). The number of amides is 1. The summed E-state index contributed by atoms with van der Waals surface area (Å²) in [6.45, 7) is 3.66. The second kappa shape index (κ2) is 7.36. The van der Waals surface area contributed by atoms with Crippen molar-refractivity contribution in [2.45, 2.75) is 42.9 Å². The molecule has 0 radical (unpaired) electrons. The summed E-state index contributed by atoms with van der Waals surface area (Å²) in [5.74, 6) is -0.493. The van der Waals surface area contributed by atoms with Crippen LogP contribution in [0.15, 0.2) is 47.4 Å². The van der Waals surface area contributed by atoms with Gasteiger partial charge in [0.2, 0.25) is 10.0 Å². The number of primary amides is 1. The number of carbonyl (C=O) groups is 1. The summed E-state index contributed by atoms with van der Waals surface area (Å²) in [6.07, 6.45) is -1.08. The van der Waals surface area contributed by atoms with E-state index in [-0.39, 0.29) is 10.5 Å². The van der Waals surface area contributed by atoms with E-state index in [4.69, 9.17) is 22.1 Å². The van der Waals surface area contributed by atoms with E-state index in [0.717, 1.165) is 0 Å². The molecule has 3 rings (SSSR count). The highest BCUT2D eigenvalue weighted by molar-refractivity contribution is 7.89. The first kappa shape index (κ1) is 20.6. The van der Waals surface area contributed by atoms with Crippen molar-refractivity contribution in [3.05, 3.63) is 58.6 Å². The summed E-state index contributed by atoms with van der Waals surface area (Å²) in [4.78, 5) is 11.4. The molecule has 2 unspecified atom stereocenters. The number of ether oxygens (including phenoxy) is 1. The Morgan fingerprint density at radius 2 is 1.93 bits per heavy atom. The average Bonchev–Trinajstić information content (AvgIpc) is 2.59. The molecule has 1 aliphatic heterocycles. The van der Waals surface area contributed by atoms with E-state index in [1.54, 1.807) is 6.07 Å². The lowest BCUT2D eigenvalue weighted by Crippen LogP contribution is -2.41. The molecule has 0 spiro atoms. The predicted octanol–water partition coefficient (Wildman–Crippen LogP) is 2.44. The zero-order valence-corrected chi connectivity index (χ0v) is 16.9. The summed E-state index contributed by atoms with van der Waals surface area (Å²) in [7, 11) is -3.80. The van der Waals surface area contributed by atoms with Crippen LogP contribution < -0.4 is 15.2 Å². The molecule has 7 nitrogen and oxygen atoms in total. The van der Waals surface area contributed by atoms with Crippen molar-refractivity contribution in [2.24, 2.45) is 5.73 Å². The van der Waals surface area contributed by atoms with E-state index in [1.807, 2.05) is 13.8 Å². The van der Waals surface area contributed by atoms with E-state index < -0.39 is 33.7 Å². The van der Waals surface area contributed by atoms with Gasteiger partial charge in [-0.25, -0.2) is 13.1 Å². The quantitative estimate of drug-likeness (QED) is 0.681. The fraction of sp³-hybridized carbons (Fsp3) is 0.316. The molecule has 1 amide bonds. The molecule has 150 valence electrons. The lowest BCUT2D eigenvalue weighted by molar-refractivity contribution is -0.126. The van der Waals surface area contributed by atoms with Crippen molar-refractivity contribution >= 4 is 27.5 Å². The molecule has 28 heavy (non-hydrogen) atoms. The Kier molecular flexibility index (Phi) is 5.42. The van der Waals surface area contributed by atoms with Crippen molar-refractivity contribution in [1.82, 2.24) is 4.72 Å². The van der Waals surface area contributed by atoms with Crippen LogP contribution in [-0.2, 0) is 14.8 Å². The maximum Gasteiger partial charge on any atom is 0.250 e. The molecule has 2 atom stereocenters. The van der Waals surface area contributed by atoms with E-state index in [1.165, 1.54) is 36.4 Å². The van der Waals surface area contributed by atoms with Crippen LogP contribution in [0.4, 0.5) is 0 Å². The van der Waals surface area contributed by atoms with Crippen molar-refractivity contribution in [3.8, 4) is 5.75 Å². The van der Waals surface area contributed by atoms with Gasteiger partial charge >= 0.3 is 0 Å². The third-order valence-electron chi connectivity index (χ3n) is 4.50. The number of aliphatic hydroxyl groups is 1. The molecule has 1 aliphatic rings. The minimum Gasteiger partial charge on any atom is -0.487 e. The van der Waals surface area contributed by atoms with Crippen LogP contribution in [0.1, 0.15) is 43.5 Å². The van der Waals surface area contributed by atoms with Gasteiger partial charge in [-0.2, -0.15) is 0 Å². The van der Waals surface area contributed by atoms with E-state index in [2.05, 4.69) is 4.72 Å². The Balaban J connectivity index is 1.97. The Hall–Kier alpha value is -2.13. The molecule has 9 heteroatoms. The highest BCUT2D eigenvalue weighted by Gasteiger charge is 2.36. The number of benzene rings is 2. The van der Waals surface area contributed by atoms with Crippen molar-refractivity contribution < 1.29 is 23.1 Å². The third-order valence-corrected chi connectivity index (χ3v) is 6.24. The second-order valence-corrected chi connectivity index (χ2v) is 9.45. The Bertz CT molecular complexity index is 1010. The molecule has 0 fully saturated rings. The zero-order valence-electron chi connectivity index (χ0n) is 15.3. The number of nitrogens with one attached hydrogen (secondary N) is 1. The largest absolute Gasteiger partial charge is 0.487 e. The molecule has 2 aromatic rings. The van der Waals surface area contributed by atoms with E-state index in [0.29, 0.717) is 22.8 Å². The molecule has 2 aromatic carbocycles. The van der Waals surface area contributed by atoms with Crippen molar-refractivity contribution in [2.75, 3.05) is 0 Å². The first-order chi connectivity index (χ1) is 13.0. The van der Waals surface area contributed by atoms with Gasteiger partial charge < -0.3 is 15.6 Å². The maximum atomic E-state index is 12.8. The Morgan fingerprint density at radius 3 is 2.54 bits per heavy atom. The number of halogens is 1. The first-order valence-electron chi connectivity index (χ1n) is 8.57. The molecule has 0 bridgehead atoms. The molecule has 0 aliphatic carbocycles. The summed E-state index contributed by atoms with van der Waals surface area (Å²) >= 11 is 5.84. The summed E-state index contributed by atoms with van der Waals surface area (Å²) < 4.78 is 34.3. The van der Waals surface area contributed by atoms with Crippen LogP contribution in [-0.4, -0.2) is 25.0 Å². The van der Waals surface area contributed by atoms with E-state index >= 15 is 0 Å². The summed E-state index contributed by atoms with van der Waals surface area (Å²) in [5, 5.41) is 10.3. The minimum atomic E-state index is -3.80. The number of aliphatic hydroxyl groups excluding tert-OH is 1. The summed E-state index contributed by atoms with van der Waals surface area (Å²) in [5.41, 5.74) is 5.37. The molecule has 0 saturated heterocycles. The van der Waals surface area contributed by atoms with Gasteiger partial charge in [-0.05, 0) is 49.7 Å². The number of nitrogens with two attached hydrogens (primary N) is 1. The lowest BCUT2D eigenvalue weighted by atomic mass is 9.89. The van der Waals surface area contributed by atoms with E-state index in [9.17, 15) is 18.3 Å². The van der Waals surface area contributed by atoms with Crippen molar-refractivity contribution in [1.29, 1.82) is 0 Å². The zero-order chi connectivity index (χ0) is 20.7. The number of sulfonamides is 1. The molecule has 4 N–H and O–H groups in total. The molecule has 1 heterocycles. The van der Waals surface area contributed by atoms with Gasteiger partial charge in [-0.1, -0.05) is 23.7 Å². The van der Waals surface area contributed by atoms with Crippen LogP contribution >= 0.6 is 11.6 Å². The van der Waals surface area contributed by atoms with Gasteiger partial charge in [0.25, 0.3) is 5.91 Å². The van der Waals surface area contributed by atoms with Gasteiger partial charge in [0.05, 0.1) is 10.9 Å². The summed E-state index contributed by atoms with van der Waals surface area (Å²) in [6, 6.07) is 9.99. The van der Waals surface area contributed by atoms with Gasteiger partial charge in [0.1, 0.15) is 11.4 Å². The first-order valence-corrected chi connectivity index (χ1v) is 10.4. The molecular formula is C19H21ClN2O5S. The van der Waals surface area contributed by atoms with Gasteiger partial charge in [-0.15, -0.1) is 0 Å². The maximum absolute atomic E-state index is 12.8. The lowest BCUT2D eigenvalue weighted by Gasteiger charge is -2.38. The van der Waals surface area contributed by atoms with Crippen LogP contribution in [0, 0.1) is 0 Å². The topological polar surface area (TPSA) is 119 Å². The predicted molar refractivity (Wildman–Crippen MR) is 104 cm³/mol. The van der Waals surface area contributed by atoms with Crippen LogP contribution in [0.25, 0.3) is 0 Å². The van der Waals surface area contributed by atoms with Gasteiger partial charge in [0.15, 0.2) is 6.10 Å². The average molecular weight is 425 g/mol. The number of hydrogen-bond donors (Lipinski definition) is 3. The second-order valence-electron chi connectivity index (χ2n) is 7.30. The fourth-order valence-electron chi connectivity index (χ4n) is 3.18. The SMILES string of the molecule is CC1(C)CC(NS(=O)(=O)c2ccc(Cl)cc2)c2ccc(C(O)C(N)=O)cc2O1. The van der Waals surface area contributed by atoms with Gasteiger partial charge in [0, 0.05) is 17.0 Å². The Morgan fingerprint density at radius 1 is 1.29 bits per heavy atom. The number of carbonyl (C=O) groups excluding carboxylic acids is 1. The number of rotatable bonds is 5. The molecule has 0 aromatic heterocycles. The smallest absolute Gasteiger partial charge is 0.250 e. The molecular weight excluding hydrogens is 404 g/mol. The highest BCUT2D eigenvalue weighted by Crippen LogP contribution is 2.41.